The van der Waals surface area contributed by atoms with Gasteiger partial charge in [0.1, 0.15) is 11.5 Å². The molecule has 1 aliphatic heterocycles. The number of hydrogen-bond donors (Lipinski definition) is 1. The Morgan fingerprint density at radius 3 is 2.70 bits per heavy atom. The van der Waals surface area contributed by atoms with Crippen molar-refractivity contribution in [3.63, 3.8) is 0 Å². The van der Waals surface area contributed by atoms with Gasteiger partial charge in [-0.15, -0.1) is 0 Å². The number of nitrogens with two attached hydrogens (primary N) is 1. The second-order valence-corrected chi connectivity index (χ2v) is 6.57. The first-order valence-corrected chi connectivity index (χ1v) is 7.10. The number of nitrogens with zero attached hydrogens (tertiary/aromatic N) is 2. The van der Waals surface area contributed by atoms with Crippen LogP contribution in [0.15, 0.2) is 22.9 Å². The first-order valence-electron chi connectivity index (χ1n) is 6.31. The summed E-state index contributed by atoms with van der Waals surface area (Å²) in [6, 6.07) is 3.85. The highest BCUT2D eigenvalue weighted by molar-refractivity contribution is 9.10. The largest absolute Gasteiger partial charge is 0.454 e. The Labute approximate surface area is 125 Å². The molecule has 0 bridgehead atoms. The van der Waals surface area contributed by atoms with Crippen LogP contribution in [0.25, 0.3) is 11.3 Å². The summed E-state index contributed by atoms with van der Waals surface area (Å²) >= 11 is 3.49. The fraction of sp³-hybridized carbons (Fsp3) is 0.357. The second-order valence-electron chi connectivity index (χ2n) is 5.71. The number of aromatic nitrogens is 2. The maximum absolute atomic E-state index is 6.23. The zero-order valence-corrected chi connectivity index (χ0v) is 13.2. The number of benzene rings is 1. The van der Waals surface area contributed by atoms with E-state index in [0.717, 1.165) is 21.5 Å². The molecular formula is C14H16BrN3O2. The summed E-state index contributed by atoms with van der Waals surface area (Å²) in [5, 5.41) is 0. The summed E-state index contributed by atoms with van der Waals surface area (Å²) < 4.78 is 13.6. The van der Waals surface area contributed by atoms with Gasteiger partial charge in [-0.3, -0.25) is 0 Å². The fourth-order valence-electron chi connectivity index (χ4n) is 2.22. The van der Waals surface area contributed by atoms with Gasteiger partial charge >= 0.3 is 0 Å². The highest BCUT2D eigenvalue weighted by atomic mass is 79.9. The molecule has 0 atom stereocenters. The zero-order valence-electron chi connectivity index (χ0n) is 11.6. The summed E-state index contributed by atoms with van der Waals surface area (Å²) in [7, 11) is 0. The van der Waals surface area contributed by atoms with Gasteiger partial charge in [0.05, 0.1) is 10.8 Å². The van der Waals surface area contributed by atoms with Crippen LogP contribution in [0.5, 0.6) is 11.5 Å². The SMILES string of the molecule is CC(C)(C)n1cnc(-c2cc(Br)c3c(c2)OCO3)c1N. The smallest absolute Gasteiger partial charge is 0.231 e. The molecule has 0 radical (unpaired) electrons. The molecule has 20 heavy (non-hydrogen) atoms. The highest BCUT2D eigenvalue weighted by Crippen LogP contribution is 2.43. The van der Waals surface area contributed by atoms with Crippen molar-refractivity contribution in [3.05, 3.63) is 22.9 Å². The van der Waals surface area contributed by atoms with E-state index < -0.39 is 0 Å². The average molecular weight is 338 g/mol. The van der Waals surface area contributed by atoms with Crippen molar-refractivity contribution >= 4 is 21.7 Å². The van der Waals surface area contributed by atoms with Crippen LogP contribution < -0.4 is 15.2 Å². The van der Waals surface area contributed by atoms with E-state index in [9.17, 15) is 0 Å². The number of hydrogen-bond acceptors (Lipinski definition) is 4. The van der Waals surface area contributed by atoms with Crippen LogP contribution in [0, 0.1) is 0 Å². The molecule has 0 saturated heterocycles. The van der Waals surface area contributed by atoms with Gasteiger partial charge in [-0.05, 0) is 48.8 Å². The molecule has 3 rings (SSSR count). The van der Waals surface area contributed by atoms with E-state index in [-0.39, 0.29) is 12.3 Å². The molecule has 1 aromatic heterocycles. The van der Waals surface area contributed by atoms with Gasteiger partial charge in [-0.1, -0.05) is 0 Å². The van der Waals surface area contributed by atoms with Crippen molar-refractivity contribution in [1.29, 1.82) is 0 Å². The lowest BCUT2D eigenvalue weighted by atomic mass is 10.1. The number of nitrogen functional groups attached to an aromatic ring is 1. The maximum atomic E-state index is 6.23. The van der Waals surface area contributed by atoms with Crippen molar-refractivity contribution < 1.29 is 9.47 Å². The molecule has 2 N–H and O–H groups in total. The molecule has 0 fully saturated rings. The first kappa shape index (κ1) is 13.3. The van der Waals surface area contributed by atoms with E-state index in [1.807, 2.05) is 16.7 Å². The monoisotopic (exact) mass is 337 g/mol. The quantitative estimate of drug-likeness (QED) is 0.866. The standard InChI is InChI=1S/C14H16BrN3O2/c1-14(2,3)18-6-17-11(13(18)16)8-4-9(15)12-10(5-8)19-7-20-12/h4-6H,7,16H2,1-3H3. The van der Waals surface area contributed by atoms with E-state index in [1.165, 1.54) is 0 Å². The van der Waals surface area contributed by atoms with E-state index in [0.29, 0.717) is 11.6 Å². The molecule has 0 spiro atoms. The minimum absolute atomic E-state index is 0.108. The minimum Gasteiger partial charge on any atom is -0.454 e. The molecule has 6 heteroatoms. The number of imidazole rings is 1. The van der Waals surface area contributed by atoms with Crippen LogP contribution in [-0.2, 0) is 5.54 Å². The topological polar surface area (TPSA) is 62.3 Å². The lowest BCUT2D eigenvalue weighted by Gasteiger charge is -2.22. The van der Waals surface area contributed by atoms with Crippen molar-refractivity contribution in [1.82, 2.24) is 9.55 Å². The third-order valence-corrected chi connectivity index (χ3v) is 3.82. The summed E-state index contributed by atoms with van der Waals surface area (Å²) in [6.07, 6.45) is 1.77. The van der Waals surface area contributed by atoms with Crippen LogP contribution in [0.4, 0.5) is 5.82 Å². The molecule has 1 aromatic carbocycles. The van der Waals surface area contributed by atoms with E-state index in [4.69, 9.17) is 15.2 Å². The lowest BCUT2D eigenvalue weighted by molar-refractivity contribution is 0.173. The summed E-state index contributed by atoms with van der Waals surface area (Å²) in [6.45, 7) is 6.50. The molecule has 0 unspecified atom stereocenters. The van der Waals surface area contributed by atoms with Gasteiger partial charge in [-0.25, -0.2) is 4.98 Å². The number of anilines is 1. The Hall–Kier alpha value is -1.69. The Morgan fingerprint density at radius 1 is 1.30 bits per heavy atom. The van der Waals surface area contributed by atoms with Crippen molar-refractivity contribution in [3.8, 4) is 22.8 Å². The number of halogens is 1. The Bertz CT molecular complexity index is 674. The minimum atomic E-state index is -0.108. The molecular weight excluding hydrogens is 322 g/mol. The highest BCUT2D eigenvalue weighted by Gasteiger charge is 2.23. The summed E-state index contributed by atoms with van der Waals surface area (Å²) in [5.74, 6) is 2.07. The van der Waals surface area contributed by atoms with E-state index in [1.54, 1.807) is 6.33 Å². The van der Waals surface area contributed by atoms with Gasteiger partial charge in [0.25, 0.3) is 0 Å². The normalized spacial score (nSPS) is 13.8. The van der Waals surface area contributed by atoms with Gasteiger partial charge in [0.2, 0.25) is 6.79 Å². The fourth-order valence-corrected chi connectivity index (χ4v) is 2.78. The van der Waals surface area contributed by atoms with Crippen molar-refractivity contribution in [2.45, 2.75) is 26.3 Å². The molecule has 0 aliphatic carbocycles. The van der Waals surface area contributed by atoms with Gasteiger partial charge in [0, 0.05) is 11.1 Å². The number of rotatable bonds is 1. The molecule has 1 aliphatic rings. The Balaban J connectivity index is 2.11. The predicted molar refractivity (Wildman–Crippen MR) is 80.9 cm³/mol. The molecule has 0 saturated carbocycles. The third-order valence-electron chi connectivity index (χ3n) is 3.23. The zero-order chi connectivity index (χ0) is 14.5. The molecule has 106 valence electrons. The predicted octanol–water partition coefficient (Wildman–Crippen LogP) is 3.38. The summed E-state index contributed by atoms with van der Waals surface area (Å²) in [5.41, 5.74) is 7.77. The number of fused-ring (bicyclic) bond motifs is 1. The van der Waals surface area contributed by atoms with Crippen LogP contribution >= 0.6 is 15.9 Å². The van der Waals surface area contributed by atoms with E-state index >= 15 is 0 Å². The summed E-state index contributed by atoms with van der Waals surface area (Å²) in [4.78, 5) is 4.44. The van der Waals surface area contributed by atoms with Crippen LogP contribution in [-0.4, -0.2) is 16.3 Å². The van der Waals surface area contributed by atoms with Crippen molar-refractivity contribution in [2.24, 2.45) is 0 Å². The molecule has 0 amide bonds. The molecule has 5 nitrogen and oxygen atoms in total. The average Bonchev–Trinajstić information content (AvgIpc) is 2.93. The van der Waals surface area contributed by atoms with Crippen LogP contribution in [0.2, 0.25) is 0 Å². The first-order chi connectivity index (χ1) is 9.38. The Morgan fingerprint density at radius 2 is 2.05 bits per heavy atom. The third kappa shape index (κ3) is 2.04. The molecule has 2 heterocycles. The van der Waals surface area contributed by atoms with Gasteiger partial charge in [-0.2, -0.15) is 0 Å². The van der Waals surface area contributed by atoms with Gasteiger partial charge in [0.15, 0.2) is 11.5 Å². The van der Waals surface area contributed by atoms with E-state index in [2.05, 4.69) is 41.7 Å². The van der Waals surface area contributed by atoms with Gasteiger partial charge < -0.3 is 19.8 Å². The second kappa shape index (κ2) is 4.41. The lowest BCUT2D eigenvalue weighted by Crippen LogP contribution is -2.22. The van der Waals surface area contributed by atoms with Crippen LogP contribution in [0.3, 0.4) is 0 Å². The number of ether oxygens (including phenoxy) is 2. The van der Waals surface area contributed by atoms with Crippen molar-refractivity contribution in [2.75, 3.05) is 12.5 Å². The molecule has 2 aromatic rings. The maximum Gasteiger partial charge on any atom is 0.231 e. The van der Waals surface area contributed by atoms with Crippen LogP contribution in [0.1, 0.15) is 20.8 Å². The Kier molecular flexibility index (Phi) is 2.93.